The van der Waals surface area contributed by atoms with Crippen LogP contribution < -0.4 is 39.9 Å². The van der Waals surface area contributed by atoms with Crippen molar-refractivity contribution in [2.45, 2.75) is 33.0 Å². The summed E-state index contributed by atoms with van der Waals surface area (Å²) < 4.78 is 6.39. The molecule has 0 N–H and O–H groups in total. The molecule has 160 valence electrons. The topological polar surface area (TPSA) is 9.23 Å². The number of hydrogen-bond donors (Lipinski definition) is 0. The van der Waals surface area contributed by atoms with E-state index in [1.807, 2.05) is 0 Å². The lowest BCUT2D eigenvalue weighted by Gasteiger charge is -2.32. The summed E-state index contributed by atoms with van der Waals surface area (Å²) in [6.45, 7) is 10.0. The van der Waals surface area contributed by atoms with Crippen LogP contribution in [0.4, 0.5) is 0 Å². The highest BCUT2D eigenvalue weighted by molar-refractivity contribution is 7.95. The third-order valence-corrected chi connectivity index (χ3v) is 11.1. The van der Waals surface area contributed by atoms with Gasteiger partial charge in [0.1, 0.15) is 23.2 Å². The maximum atomic E-state index is 6.39. The minimum Gasteiger partial charge on any atom is -1.00 e. The molecule has 0 amide bonds. The van der Waals surface area contributed by atoms with E-state index in [1.165, 1.54) is 15.9 Å². The SMILES string of the molecule is CC[C@H](CO[Si](C)(C)C)C[P+](c1ccccc1)(c1ccccc1)c1ccccc1.[I-]. The zero-order valence-electron chi connectivity index (χ0n) is 18.6. The standard InChI is InChI=1S/C26H34OPSi.HI/c1-5-23(21-27-29(2,3)4)22-28(24-15-9-6-10-16-24,25-17-11-7-12-18-25)26-19-13-8-14-20-26;/h6-20,23H,5,21-22H2,1-4H3;1H/q+1;/p-1/t23-;/m1./s1. The molecule has 0 spiro atoms. The first-order valence-electron chi connectivity index (χ1n) is 10.6. The predicted molar refractivity (Wildman–Crippen MR) is 133 cm³/mol. The van der Waals surface area contributed by atoms with E-state index in [1.54, 1.807) is 0 Å². The molecule has 0 aliphatic rings. The smallest absolute Gasteiger partial charge is 0.183 e. The molecule has 0 radical (unpaired) electrons. The van der Waals surface area contributed by atoms with Gasteiger partial charge in [-0.2, -0.15) is 0 Å². The summed E-state index contributed by atoms with van der Waals surface area (Å²) in [5.74, 6) is 0.538. The number of halogens is 1. The first-order chi connectivity index (χ1) is 14.0. The molecule has 0 fully saturated rings. The van der Waals surface area contributed by atoms with Gasteiger partial charge in [0, 0.05) is 12.5 Å². The average molecular weight is 549 g/mol. The molecule has 4 heteroatoms. The summed E-state index contributed by atoms with van der Waals surface area (Å²) in [5.41, 5.74) is 0. The summed E-state index contributed by atoms with van der Waals surface area (Å²) in [5, 5.41) is 4.39. The van der Waals surface area contributed by atoms with Crippen LogP contribution in [0.5, 0.6) is 0 Å². The summed E-state index contributed by atoms with van der Waals surface area (Å²) in [6.07, 6.45) is 2.28. The zero-order valence-corrected chi connectivity index (χ0v) is 22.6. The quantitative estimate of drug-likeness (QED) is 0.227. The summed E-state index contributed by atoms with van der Waals surface area (Å²) >= 11 is 0. The highest BCUT2D eigenvalue weighted by atomic mass is 127. The van der Waals surface area contributed by atoms with Gasteiger partial charge in [-0.15, -0.1) is 0 Å². The van der Waals surface area contributed by atoms with Gasteiger partial charge in [-0.1, -0.05) is 61.5 Å². The van der Waals surface area contributed by atoms with Crippen molar-refractivity contribution in [1.29, 1.82) is 0 Å². The van der Waals surface area contributed by atoms with Crippen molar-refractivity contribution in [2.24, 2.45) is 5.92 Å². The van der Waals surface area contributed by atoms with Crippen LogP contribution in [0.15, 0.2) is 91.0 Å². The second-order valence-corrected chi connectivity index (χ2v) is 16.7. The molecule has 0 aliphatic heterocycles. The Hall–Kier alpha value is -1.00. The van der Waals surface area contributed by atoms with Gasteiger partial charge >= 0.3 is 0 Å². The van der Waals surface area contributed by atoms with Crippen LogP contribution in [0, 0.1) is 5.92 Å². The maximum Gasteiger partial charge on any atom is 0.183 e. The van der Waals surface area contributed by atoms with Gasteiger partial charge in [-0.25, -0.2) is 0 Å². The number of hydrogen-bond acceptors (Lipinski definition) is 1. The van der Waals surface area contributed by atoms with E-state index in [4.69, 9.17) is 4.43 Å². The van der Waals surface area contributed by atoms with Crippen LogP contribution in [-0.2, 0) is 4.43 Å². The Morgan fingerprint density at radius 2 is 1.07 bits per heavy atom. The van der Waals surface area contributed by atoms with Crippen molar-refractivity contribution < 1.29 is 28.4 Å². The maximum absolute atomic E-state index is 6.39. The molecule has 0 saturated heterocycles. The monoisotopic (exact) mass is 548 g/mol. The molecule has 1 nitrogen and oxygen atoms in total. The van der Waals surface area contributed by atoms with E-state index in [-0.39, 0.29) is 24.0 Å². The third kappa shape index (κ3) is 6.26. The van der Waals surface area contributed by atoms with Gasteiger partial charge in [0.05, 0.1) is 6.16 Å². The fourth-order valence-electron chi connectivity index (χ4n) is 3.87. The lowest BCUT2D eigenvalue weighted by Crippen LogP contribution is -3.00. The Labute approximate surface area is 201 Å². The van der Waals surface area contributed by atoms with Gasteiger partial charge < -0.3 is 28.4 Å². The van der Waals surface area contributed by atoms with Crippen molar-refractivity contribution in [3.63, 3.8) is 0 Å². The lowest BCUT2D eigenvalue weighted by atomic mass is 10.1. The van der Waals surface area contributed by atoms with Gasteiger partial charge in [-0.3, -0.25) is 0 Å². The van der Waals surface area contributed by atoms with E-state index in [0.717, 1.165) is 19.2 Å². The van der Waals surface area contributed by atoms with Crippen LogP contribution in [-0.4, -0.2) is 21.1 Å². The Kier molecular flexibility index (Phi) is 9.74. The van der Waals surface area contributed by atoms with Crippen molar-refractivity contribution in [2.75, 3.05) is 12.8 Å². The van der Waals surface area contributed by atoms with Crippen LogP contribution in [0.1, 0.15) is 13.3 Å². The number of rotatable bonds is 9. The van der Waals surface area contributed by atoms with Crippen LogP contribution in [0.3, 0.4) is 0 Å². The fraction of sp³-hybridized carbons (Fsp3) is 0.308. The van der Waals surface area contributed by atoms with E-state index < -0.39 is 15.6 Å². The lowest BCUT2D eigenvalue weighted by molar-refractivity contribution is -0.00000701. The first-order valence-corrected chi connectivity index (χ1v) is 16.0. The van der Waals surface area contributed by atoms with Crippen LogP contribution in [0.2, 0.25) is 19.6 Å². The summed E-state index contributed by atoms with van der Waals surface area (Å²) in [7, 11) is -3.31. The Balaban J connectivity index is 0.00000320. The predicted octanol–water partition coefficient (Wildman–Crippen LogP) is 2.86. The third-order valence-electron chi connectivity index (χ3n) is 5.45. The Morgan fingerprint density at radius 3 is 1.37 bits per heavy atom. The second kappa shape index (κ2) is 11.6. The molecule has 3 rings (SSSR count). The van der Waals surface area contributed by atoms with Gasteiger partial charge in [-0.05, 0) is 62.5 Å². The van der Waals surface area contributed by atoms with Crippen molar-refractivity contribution >= 4 is 31.5 Å². The molecular formula is C26H34IOPSi. The molecule has 0 heterocycles. The van der Waals surface area contributed by atoms with Crippen LogP contribution in [0.25, 0.3) is 0 Å². The van der Waals surface area contributed by atoms with E-state index in [2.05, 4.69) is 118 Å². The molecule has 0 saturated carbocycles. The van der Waals surface area contributed by atoms with E-state index in [0.29, 0.717) is 5.92 Å². The largest absolute Gasteiger partial charge is 1.00 e. The fourth-order valence-corrected chi connectivity index (χ4v) is 9.31. The average Bonchev–Trinajstić information content (AvgIpc) is 2.75. The van der Waals surface area contributed by atoms with Crippen LogP contribution >= 0.6 is 7.26 Å². The van der Waals surface area contributed by atoms with E-state index in [9.17, 15) is 0 Å². The molecule has 0 aliphatic carbocycles. The minimum atomic E-state index is -1.77. The number of benzene rings is 3. The summed E-state index contributed by atoms with van der Waals surface area (Å²) in [6, 6.07) is 33.5. The molecule has 1 atom stereocenters. The normalized spacial score (nSPS) is 12.8. The molecular weight excluding hydrogens is 514 g/mol. The van der Waals surface area contributed by atoms with Gasteiger partial charge in [0.25, 0.3) is 0 Å². The van der Waals surface area contributed by atoms with Crippen molar-refractivity contribution in [3.05, 3.63) is 91.0 Å². The molecule has 0 unspecified atom stereocenters. The molecule has 30 heavy (non-hydrogen) atoms. The first kappa shape index (κ1) is 25.3. The van der Waals surface area contributed by atoms with Gasteiger partial charge in [0.2, 0.25) is 0 Å². The highest BCUT2D eigenvalue weighted by Crippen LogP contribution is 2.56. The molecule has 0 bridgehead atoms. The minimum absolute atomic E-state index is 0. The molecule has 0 aromatic heterocycles. The Bertz CT molecular complexity index is 769. The zero-order chi connectivity index (χ0) is 20.7. The summed E-state index contributed by atoms with van der Waals surface area (Å²) in [4.78, 5) is 0. The second-order valence-electron chi connectivity index (χ2n) is 8.70. The van der Waals surface area contributed by atoms with Crippen molar-refractivity contribution in [3.8, 4) is 0 Å². The van der Waals surface area contributed by atoms with E-state index >= 15 is 0 Å². The molecule has 3 aromatic carbocycles. The Morgan fingerprint density at radius 1 is 0.700 bits per heavy atom. The highest BCUT2D eigenvalue weighted by Gasteiger charge is 2.46. The van der Waals surface area contributed by atoms with Gasteiger partial charge in [0.15, 0.2) is 8.32 Å². The molecule has 3 aromatic rings. The van der Waals surface area contributed by atoms with Crippen molar-refractivity contribution in [1.82, 2.24) is 0 Å².